The zero-order valence-electron chi connectivity index (χ0n) is 9.43. The van der Waals surface area contributed by atoms with Crippen molar-refractivity contribution in [3.8, 4) is 11.8 Å². The molecule has 1 N–H and O–H groups in total. The minimum Gasteiger partial charge on any atom is -0.495 e. The highest BCUT2D eigenvalue weighted by molar-refractivity contribution is 7.12. The molecule has 0 atom stereocenters. The van der Waals surface area contributed by atoms with Crippen molar-refractivity contribution in [1.29, 1.82) is 5.26 Å². The van der Waals surface area contributed by atoms with Crippen LogP contribution in [0.15, 0.2) is 36.4 Å². The molecule has 0 saturated carbocycles. The summed E-state index contributed by atoms with van der Waals surface area (Å²) in [7, 11) is 1.65. The van der Waals surface area contributed by atoms with Crippen LogP contribution in [0.5, 0.6) is 5.75 Å². The van der Waals surface area contributed by atoms with Gasteiger partial charge in [-0.15, -0.1) is 11.3 Å². The first-order valence-electron chi connectivity index (χ1n) is 5.19. The predicted octanol–water partition coefficient (Wildman–Crippen LogP) is 3.24. The van der Waals surface area contributed by atoms with Crippen LogP contribution >= 0.6 is 11.3 Å². The summed E-state index contributed by atoms with van der Waals surface area (Å²) >= 11 is 1.50. The molecule has 0 fully saturated rings. The fourth-order valence-electron chi connectivity index (χ4n) is 1.51. The maximum Gasteiger partial charge on any atom is 0.141 e. The van der Waals surface area contributed by atoms with Gasteiger partial charge in [0.15, 0.2) is 0 Å². The van der Waals surface area contributed by atoms with Crippen molar-refractivity contribution in [2.75, 3.05) is 12.4 Å². The van der Waals surface area contributed by atoms with Crippen molar-refractivity contribution in [2.45, 2.75) is 6.54 Å². The first kappa shape index (κ1) is 11.5. The molecule has 0 radical (unpaired) electrons. The summed E-state index contributed by atoms with van der Waals surface area (Å²) < 4.78 is 5.25. The third kappa shape index (κ3) is 2.77. The third-order valence-electron chi connectivity index (χ3n) is 2.33. The van der Waals surface area contributed by atoms with Crippen LogP contribution in [0, 0.1) is 11.3 Å². The molecular formula is C13H12N2OS. The molecular weight excluding hydrogens is 232 g/mol. The minimum absolute atomic E-state index is 0.701. The Hall–Kier alpha value is -1.99. The molecule has 86 valence electrons. The quantitative estimate of drug-likeness (QED) is 0.898. The molecule has 0 aliphatic carbocycles. The van der Waals surface area contributed by atoms with Crippen molar-refractivity contribution >= 4 is 17.0 Å². The van der Waals surface area contributed by atoms with Gasteiger partial charge < -0.3 is 10.1 Å². The van der Waals surface area contributed by atoms with E-state index in [1.807, 2.05) is 36.4 Å². The van der Waals surface area contributed by atoms with Gasteiger partial charge >= 0.3 is 0 Å². The molecule has 2 aromatic rings. The number of hydrogen-bond acceptors (Lipinski definition) is 4. The van der Waals surface area contributed by atoms with Crippen LogP contribution in [0.4, 0.5) is 5.69 Å². The average Bonchev–Trinajstić information content (AvgIpc) is 2.84. The standard InChI is InChI=1S/C13H12N2OS/c1-16-13-5-3-2-4-12(13)15-9-11-7-6-10(8-14)17-11/h2-7,15H,9H2,1H3. The molecule has 1 aromatic heterocycles. The predicted molar refractivity (Wildman–Crippen MR) is 69.4 cm³/mol. The van der Waals surface area contributed by atoms with Crippen LogP contribution in [-0.4, -0.2) is 7.11 Å². The lowest BCUT2D eigenvalue weighted by Crippen LogP contribution is -1.99. The van der Waals surface area contributed by atoms with E-state index in [0.717, 1.165) is 21.2 Å². The summed E-state index contributed by atoms with van der Waals surface area (Å²) in [5.41, 5.74) is 0.960. The molecule has 0 amide bonds. The topological polar surface area (TPSA) is 45.0 Å². The van der Waals surface area contributed by atoms with Gasteiger partial charge in [0.2, 0.25) is 0 Å². The maximum atomic E-state index is 8.74. The fraction of sp³-hybridized carbons (Fsp3) is 0.154. The molecule has 1 aromatic carbocycles. The Morgan fingerprint density at radius 1 is 1.29 bits per heavy atom. The van der Waals surface area contributed by atoms with E-state index in [1.54, 1.807) is 7.11 Å². The highest BCUT2D eigenvalue weighted by atomic mass is 32.1. The van der Waals surface area contributed by atoms with Crippen molar-refractivity contribution < 1.29 is 4.74 Å². The Balaban J connectivity index is 2.05. The van der Waals surface area contributed by atoms with Crippen LogP contribution < -0.4 is 10.1 Å². The zero-order valence-corrected chi connectivity index (χ0v) is 10.3. The van der Waals surface area contributed by atoms with E-state index in [1.165, 1.54) is 11.3 Å². The molecule has 0 saturated heterocycles. The van der Waals surface area contributed by atoms with Gasteiger partial charge in [0.05, 0.1) is 12.8 Å². The van der Waals surface area contributed by atoms with Gasteiger partial charge in [0, 0.05) is 11.4 Å². The number of para-hydroxylation sites is 2. The summed E-state index contributed by atoms with van der Waals surface area (Å²) in [4.78, 5) is 1.87. The second kappa shape index (κ2) is 5.37. The molecule has 0 unspecified atom stereocenters. The summed E-state index contributed by atoms with van der Waals surface area (Å²) in [6.45, 7) is 0.701. The van der Waals surface area contributed by atoms with E-state index >= 15 is 0 Å². The molecule has 0 aliphatic heterocycles. The Labute approximate surface area is 104 Å². The second-order valence-corrected chi connectivity index (χ2v) is 4.60. The van der Waals surface area contributed by atoms with Crippen molar-refractivity contribution in [3.05, 3.63) is 46.2 Å². The molecule has 17 heavy (non-hydrogen) atoms. The van der Waals surface area contributed by atoms with Crippen LogP contribution in [0.1, 0.15) is 9.75 Å². The first-order chi connectivity index (χ1) is 8.33. The normalized spacial score (nSPS) is 9.65. The fourth-order valence-corrected chi connectivity index (χ4v) is 2.25. The number of nitrogens with zero attached hydrogens (tertiary/aromatic N) is 1. The van der Waals surface area contributed by atoms with Crippen LogP contribution in [-0.2, 0) is 6.54 Å². The van der Waals surface area contributed by atoms with E-state index < -0.39 is 0 Å². The lowest BCUT2D eigenvalue weighted by atomic mass is 10.3. The van der Waals surface area contributed by atoms with Gasteiger partial charge in [-0.25, -0.2) is 0 Å². The SMILES string of the molecule is COc1ccccc1NCc1ccc(C#N)s1. The number of nitrogens with one attached hydrogen (secondary N) is 1. The van der Waals surface area contributed by atoms with Crippen LogP contribution in [0.25, 0.3) is 0 Å². The number of anilines is 1. The van der Waals surface area contributed by atoms with E-state index in [2.05, 4.69) is 11.4 Å². The molecule has 4 heteroatoms. The lowest BCUT2D eigenvalue weighted by Gasteiger charge is -2.09. The van der Waals surface area contributed by atoms with E-state index in [0.29, 0.717) is 6.54 Å². The largest absolute Gasteiger partial charge is 0.495 e. The van der Waals surface area contributed by atoms with Crippen LogP contribution in [0.3, 0.4) is 0 Å². The van der Waals surface area contributed by atoms with Gasteiger partial charge in [0.25, 0.3) is 0 Å². The summed E-state index contributed by atoms with van der Waals surface area (Å²) in [5.74, 6) is 0.824. The van der Waals surface area contributed by atoms with Crippen molar-refractivity contribution in [1.82, 2.24) is 0 Å². The lowest BCUT2D eigenvalue weighted by molar-refractivity contribution is 0.416. The Bertz CT molecular complexity index is 542. The van der Waals surface area contributed by atoms with E-state index in [-0.39, 0.29) is 0 Å². The number of hydrogen-bond donors (Lipinski definition) is 1. The zero-order chi connectivity index (χ0) is 12.1. The maximum absolute atomic E-state index is 8.74. The Morgan fingerprint density at radius 2 is 2.12 bits per heavy atom. The Morgan fingerprint density at radius 3 is 2.82 bits per heavy atom. The summed E-state index contributed by atoms with van der Waals surface area (Å²) in [6, 6.07) is 13.7. The number of benzene rings is 1. The van der Waals surface area contributed by atoms with Crippen molar-refractivity contribution in [2.24, 2.45) is 0 Å². The highest BCUT2D eigenvalue weighted by Gasteiger charge is 2.02. The number of methoxy groups -OCH3 is 1. The molecule has 0 bridgehead atoms. The monoisotopic (exact) mass is 244 g/mol. The van der Waals surface area contributed by atoms with Crippen LogP contribution in [0.2, 0.25) is 0 Å². The second-order valence-electron chi connectivity index (χ2n) is 3.43. The smallest absolute Gasteiger partial charge is 0.141 e. The van der Waals surface area contributed by atoms with Crippen molar-refractivity contribution in [3.63, 3.8) is 0 Å². The number of nitriles is 1. The molecule has 2 rings (SSSR count). The van der Waals surface area contributed by atoms with Gasteiger partial charge in [-0.2, -0.15) is 5.26 Å². The number of rotatable bonds is 4. The number of ether oxygens (including phenoxy) is 1. The Kier molecular flexibility index (Phi) is 3.63. The highest BCUT2D eigenvalue weighted by Crippen LogP contribution is 2.24. The summed E-state index contributed by atoms with van der Waals surface area (Å²) in [5, 5.41) is 12.0. The molecule has 0 aliphatic rings. The number of thiophene rings is 1. The average molecular weight is 244 g/mol. The molecule has 0 spiro atoms. The van der Waals surface area contributed by atoms with Gasteiger partial charge in [-0.3, -0.25) is 0 Å². The van der Waals surface area contributed by atoms with Gasteiger partial charge in [0.1, 0.15) is 16.7 Å². The van der Waals surface area contributed by atoms with Gasteiger partial charge in [-0.1, -0.05) is 12.1 Å². The molecule has 3 nitrogen and oxygen atoms in total. The minimum atomic E-state index is 0.701. The summed E-state index contributed by atoms with van der Waals surface area (Å²) in [6.07, 6.45) is 0. The third-order valence-corrected chi connectivity index (χ3v) is 3.32. The van der Waals surface area contributed by atoms with E-state index in [4.69, 9.17) is 10.00 Å². The van der Waals surface area contributed by atoms with E-state index in [9.17, 15) is 0 Å². The van der Waals surface area contributed by atoms with Gasteiger partial charge in [-0.05, 0) is 24.3 Å². The molecule has 1 heterocycles. The first-order valence-corrected chi connectivity index (χ1v) is 6.01.